The molecule has 2 rings (SSSR count). The van der Waals surface area contributed by atoms with Crippen LogP contribution in [0, 0.1) is 5.92 Å². The second-order valence-corrected chi connectivity index (χ2v) is 6.02. The molecule has 1 saturated heterocycles. The van der Waals surface area contributed by atoms with Gasteiger partial charge in [-0.3, -0.25) is 4.90 Å². The predicted molar refractivity (Wildman–Crippen MR) is 85.3 cm³/mol. The summed E-state index contributed by atoms with van der Waals surface area (Å²) in [4.78, 5) is 6.88. The van der Waals surface area contributed by atoms with Gasteiger partial charge in [-0.15, -0.1) is 0 Å². The van der Waals surface area contributed by atoms with Crippen molar-refractivity contribution in [3.8, 4) is 0 Å². The van der Waals surface area contributed by atoms with Gasteiger partial charge in [-0.1, -0.05) is 6.92 Å². The topological polar surface area (TPSA) is 42.3 Å². The number of imidazole rings is 1. The number of methoxy groups -OCH3 is 1. The van der Waals surface area contributed by atoms with E-state index in [1.165, 1.54) is 31.6 Å². The zero-order valence-electron chi connectivity index (χ0n) is 13.6. The standard InChI is InChI=1S/C16H30N4O/c1-3-7-20-14-18-11-16(20)13-19-8-4-5-15(12-19)10-17-6-9-21-2/h11,14-15,17H,3-10,12-13H2,1-2H3. The van der Waals surface area contributed by atoms with Gasteiger partial charge in [0.25, 0.3) is 0 Å². The molecule has 0 bridgehead atoms. The van der Waals surface area contributed by atoms with Gasteiger partial charge in [0, 0.05) is 39.5 Å². The number of rotatable bonds is 9. The Morgan fingerprint density at radius 2 is 2.38 bits per heavy atom. The van der Waals surface area contributed by atoms with Crippen molar-refractivity contribution in [2.45, 2.75) is 39.3 Å². The molecular weight excluding hydrogens is 264 g/mol. The summed E-state index contributed by atoms with van der Waals surface area (Å²) in [6.45, 7) is 9.59. The molecule has 0 radical (unpaired) electrons. The molecule has 120 valence electrons. The van der Waals surface area contributed by atoms with Crippen LogP contribution in [0.3, 0.4) is 0 Å². The number of nitrogens with zero attached hydrogens (tertiary/aromatic N) is 3. The lowest BCUT2D eigenvalue weighted by atomic mass is 9.98. The van der Waals surface area contributed by atoms with Crippen LogP contribution >= 0.6 is 0 Å². The van der Waals surface area contributed by atoms with Crippen LogP contribution in [0.15, 0.2) is 12.5 Å². The molecule has 0 saturated carbocycles. The van der Waals surface area contributed by atoms with Gasteiger partial charge in [-0.2, -0.15) is 0 Å². The van der Waals surface area contributed by atoms with Crippen LogP contribution in [-0.4, -0.2) is 54.3 Å². The van der Waals surface area contributed by atoms with Gasteiger partial charge in [-0.25, -0.2) is 4.98 Å². The second-order valence-electron chi connectivity index (χ2n) is 6.02. The summed E-state index contributed by atoms with van der Waals surface area (Å²) in [6.07, 6.45) is 7.79. The maximum Gasteiger partial charge on any atom is 0.0948 e. The summed E-state index contributed by atoms with van der Waals surface area (Å²) in [5.41, 5.74) is 1.35. The van der Waals surface area contributed by atoms with Crippen LogP contribution in [0.5, 0.6) is 0 Å². The molecule has 1 atom stereocenters. The number of aryl methyl sites for hydroxylation is 1. The average molecular weight is 294 g/mol. The first-order valence-electron chi connectivity index (χ1n) is 8.24. The van der Waals surface area contributed by atoms with Crippen LogP contribution in [0.1, 0.15) is 31.9 Å². The highest BCUT2D eigenvalue weighted by Gasteiger charge is 2.20. The third-order valence-corrected chi connectivity index (χ3v) is 4.17. The number of ether oxygens (including phenoxy) is 1. The van der Waals surface area contributed by atoms with Gasteiger partial charge in [0.1, 0.15) is 0 Å². The molecule has 0 amide bonds. The Morgan fingerprint density at radius 1 is 1.48 bits per heavy atom. The molecular formula is C16H30N4O. The van der Waals surface area contributed by atoms with Crippen molar-refractivity contribution in [3.63, 3.8) is 0 Å². The molecule has 0 aromatic carbocycles. The van der Waals surface area contributed by atoms with Crippen molar-refractivity contribution >= 4 is 0 Å². The van der Waals surface area contributed by atoms with Gasteiger partial charge < -0.3 is 14.6 Å². The lowest BCUT2D eigenvalue weighted by Gasteiger charge is -2.33. The number of hydrogen-bond donors (Lipinski definition) is 1. The van der Waals surface area contributed by atoms with E-state index < -0.39 is 0 Å². The summed E-state index contributed by atoms with van der Waals surface area (Å²) >= 11 is 0. The molecule has 1 N–H and O–H groups in total. The minimum atomic E-state index is 0.762. The van der Waals surface area contributed by atoms with E-state index in [0.717, 1.165) is 45.1 Å². The maximum atomic E-state index is 5.08. The predicted octanol–water partition coefficient (Wildman–Crippen LogP) is 1.74. The molecule has 0 aliphatic carbocycles. The smallest absolute Gasteiger partial charge is 0.0948 e. The summed E-state index contributed by atoms with van der Waals surface area (Å²) < 4.78 is 7.37. The van der Waals surface area contributed by atoms with Crippen LogP contribution in [0.4, 0.5) is 0 Å². The van der Waals surface area contributed by atoms with E-state index in [-0.39, 0.29) is 0 Å². The lowest BCUT2D eigenvalue weighted by Crippen LogP contribution is -2.40. The average Bonchev–Trinajstić information content (AvgIpc) is 2.92. The van der Waals surface area contributed by atoms with E-state index in [9.17, 15) is 0 Å². The Bertz CT molecular complexity index is 393. The summed E-state index contributed by atoms with van der Waals surface area (Å²) in [7, 11) is 1.75. The van der Waals surface area contributed by atoms with Gasteiger partial charge in [0.2, 0.25) is 0 Å². The largest absolute Gasteiger partial charge is 0.383 e. The first-order chi connectivity index (χ1) is 10.3. The van der Waals surface area contributed by atoms with Gasteiger partial charge in [-0.05, 0) is 38.3 Å². The SMILES string of the molecule is CCCn1cncc1CN1CCCC(CNCCOC)C1. The van der Waals surface area contributed by atoms with Crippen molar-refractivity contribution in [2.24, 2.45) is 5.92 Å². The molecule has 0 spiro atoms. The zero-order chi connectivity index (χ0) is 14.9. The van der Waals surface area contributed by atoms with E-state index in [2.05, 4.69) is 26.7 Å². The quantitative estimate of drug-likeness (QED) is 0.705. The fourth-order valence-corrected chi connectivity index (χ4v) is 3.09. The molecule has 1 unspecified atom stereocenters. The lowest BCUT2D eigenvalue weighted by molar-refractivity contribution is 0.156. The third-order valence-electron chi connectivity index (χ3n) is 4.17. The van der Waals surface area contributed by atoms with Crippen LogP contribution in [0.2, 0.25) is 0 Å². The number of piperidine rings is 1. The van der Waals surface area contributed by atoms with Gasteiger partial charge in [0.15, 0.2) is 0 Å². The molecule has 1 aliphatic rings. The third kappa shape index (κ3) is 5.41. The van der Waals surface area contributed by atoms with E-state index in [1.54, 1.807) is 7.11 Å². The highest BCUT2D eigenvalue weighted by molar-refractivity contribution is 4.98. The minimum Gasteiger partial charge on any atom is -0.383 e. The van der Waals surface area contributed by atoms with Crippen LogP contribution in [0.25, 0.3) is 0 Å². The maximum absolute atomic E-state index is 5.08. The monoisotopic (exact) mass is 294 g/mol. The minimum absolute atomic E-state index is 0.762. The highest BCUT2D eigenvalue weighted by Crippen LogP contribution is 2.18. The molecule has 5 nitrogen and oxygen atoms in total. The van der Waals surface area contributed by atoms with E-state index in [4.69, 9.17) is 4.74 Å². The number of likely N-dealkylation sites (tertiary alicyclic amines) is 1. The van der Waals surface area contributed by atoms with E-state index >= 15 is 0 Å². The summed E-state index contributed by atoms with van der Waals surface area (Å²) in [5, 5.41) is 3.50. The molecule has 1 aromatic heterocycles. The summed E-state index contributed by atoms with van der Waals surface area (Å²) in [5.74, 6) is 0.762. The Morgan fingerprint density at radius 3 is 3.19 bits per heavy atom. The fraction of sp³-hybridized carbons (Fsp3) is 0.812. The van der Waals surface area contributed by atoms with Crippen molar-refractivity contribution in [1.82, 2.24) is 19.8 Å². The van der Waals surface area contributed by atoms with E-state index in [0.29, 0.717) is 0 Å². The molecule has 21 heavy (non-hydrogen) atoms. The van der Waals surface area contributed by atoms with Crippen molar-refractivity contribution < 1.29 is 4.74 Å². The Labute approximate surface area is 128 Å². The normalized spacial score (nSPS) is 20.0. The zero-order valence-corrected chi connectivity index (χ0v) is 13.6. The number of hydrogen-bond acceptors (Lipinski definition) is 4. The summed E-state index contributed by atoms with van der Waals surface area (Å²) in [6, 6.07) is 0. The van der Waals surface area contributed by atoms with Crippen molar-refractivity contribution in [1.29, 1.82) is 0 Å². The number of aromatic nitrogens is 2. The first-order valence-corrected chi connectivity index (χ1v) is 8.24. The van der Waals surface area contributed by atoms with Crippen molar-refractivity contribution in [2.75, 3.05) is 39.9 Å². The Balaban J connectivity index is 1.76. The van der Waals surface area contributed by atoms with Gasteiger partial charge >= 0.3 is 0 Å². The first kappa shape index (κ1) is 16.5. The molecule has 1 aliphatic heterocycles. The second kappa shape index (κ2) is 9.18. The highest BCUT2D eigenvalue weighted by atomic mass is 16.5. The van der Waals surface area contributed by atoms with Crippen LogP contribution < -0.4 is 5.32 Å². The van der Waals surface area contributed by atoms with Crippen LogP contribution in [-0.2, 0) is 17.8 Å². The van der Waals surface area contributed by atoms with E-state index in [1.807, 2.05) is 12.5 Å². The van der Waals surface area contributed by atoms with Gasteiger partial charge in [0.05, 0.1) is 18.6 Å². The fourth-order valence-electron chi connectivity index (χ4n) is 3.09. The molecule has 1 aromatic rings. The van der Waals surface area contributed by atoms with Crippen molar-refractivity contribution in [3.05, 3.63) is 18.2 Å². The molecule has 1 fully saturated rings. The molecule has 2 heterocycles. The number of nitrogens with one attached hydrogen (secondary N) is 1. The molecule has 5 heteroatoms. The Hall–Kier alpha value is -0.910. The Kier molecular flexibility index (Phi) is 7.19.